The van der Waals surface area contributed by atoms with Crippen molar-refractivity contribution in [2.45, 2.75) is 51.0 Å². The Labute approximate surface area is 119 Å². The lowest BCUT2D eigenvalue weighted by Gasteiger charge is -2.29. The molecule has 0 aliphatic heterocycles. The molecule has 1 aromatic rings. The zero-order chi connectivity index (χ0) is 14.8. The van der Waals surface area contributed by atoms with Gasteiger partial charge >= 0.3 is 5.97 Å². The second kappa shape index (κ2) is 5.73. The summed E-state index contributed by atoms with van der Waals surface area (Å²) in [6, 6.07) is 5.68. The van der Waals surface area contributed by atoms with Gasteiger partial charge in [-0.15, -0.1) is 0 Å². The summed E-state index contributed by atoms with van der Waals surface area (Å²) >= 11 is 0. The molecule has 4 nitrogen and oxygen atoms in total. The highest BCUT2D eigenvalue weighted by molar-refractivity contribution is 5.69. The molecule has 1 aliphatic carbocycles. The van der Waals surface area contributed by atoms with Crippen LogP contribution in [0.3, 0.4) is 0 Å². The van der Waals surface area contributed by atoms with Crippen molar-refractivity contribution in [3.8, 4) is 11.5 Å². The third kappa shape index (κ3) is 3.24. The Hall–Kier alpha value is -1.71. The van der Waals surface area contributed by atoms with E-state index >= 15 is 0 Å². The molecule has 1 fully saturated rings. The molecule has 110 valence electrons. The number of hydrogen-bond acceptors (Lipinski definition) is 3. The van der Waals surface area contributed by atoms with E-state index in [0.29, 0.717) is 11.5 Å². The topological polar surface area (TPSA) is 55.8 Å². The molecule has 1 saturated carbocycles. The molecule has 0 heterocycles. The van der Waals surface area contributed by atoms with Crippen LogP contribution in [0.4, 0.5) is 0 Å². The van der Waals surface area contributed by atoms with Crippen LogP contribution in [0.2, 0.25) is 0 Å². The number of aliphatic carboxylic acids is 1. The maximum atomic E-state index is 11.0. The van der Waals surface area contributed by atoms with Crippen LogP contribution in [0, 0.1) is 0 Å². The maximum Gasteiger partial charge on any atom is 0.304 e. The van der Waals surface area contributed by atoms with Crippen molar-refractivity contribution in [3.63, 3.8) is 0 Å². The first-order valence-corrected chi connectivity index (χ1v) is 6.99. The van der Waals surface area contributed by atoms with Crippen LogP contribution in [-0.2, 0) is 10.2 Å². The highest BCUT2D eigenvalue weighted by atomic mass is 16.5. The normalized spacial score (nSPS) is 15.6. The molecule has 4 heteroatoms. The molecule has 1 aromatic carbocycles. The van der Waals surface area contributed by atoms with E-state index in [2.05, 4.69) is 0 Å². The van der Waals surface area contributed by atoms with Gasteiger partial charge in [0.05, 0.1) is 19.6 Å². The fourth-order valence-corrected chi connectivity index (χ4v) is 2.34. The van der Waals surface area contributed by atoms with Crippen molar-refractivity contribution in [3.05, 3.63) is 23.8 Å². The fraction of sp³-hybridized carbons (Fsp3) is 0.562. The molecule has 0 radical (unpaired) electrons. The lowest BCUT2D eigenvalue weighted by Crippen LogP contribution is -2.25. The first kappa shape index (κ1) is 14.7. The summed E-state index contributed by atoms with van der Waals surface area (Å²) < 4.78 is 11.3. The summed E-state index contributed by atoms with van der Waals surface area (Å²) in [5.41, 5.74) is 0.519. The molecule has 2 rings (SSSR count). The average Bonchev–Trinajstić information content (AvgIpc) is 2.32. The van der Waals surface area contributed by atoms with Gasteiger partial charge in [-0.3, -0.25) is 4.79 Å². The Morgan fingerprint density at radius 1 is 1.35 bits per heavy atom. The lowest BCUT2D eigenvalue weighted by molar-refractivity contribution is -0.138. The number of carboxylic acids is 1. The molecule has 0 unspecified atom stereocenters. The van der Waals surface area contributed by atoms with Crippen LogP contribution in [-0.4, -0.2) is 24.3 Å². The molecular weight excluding hydrogens is 256 g/mol. The molecule has 0 atom stereocenters. The van der Waals surface area contributed by atoms with E-state index in [0.717, 1.165) is 18.4 Å². The Morgan fingerprint density at radius 3 is 2.55 bits per heavy atom. The van der Waals surface area contributed by atoms with Gasteiger partial charge in [-0.25, -0.2) is 0 Å². The second-order valence-corrected chi connectivity index (χ2v) is 5.99. The third-order valence-corrected chi connectivity index (χ3v) is 3.88. The molecule has 0 saturated heterocycles. The van der Waals surface area contributed by atoms with Crippen molar-refractivity contribution in [1.29, 1.82) is 0 Å². The van der Waals surface area contributed by atoms with Crippen LogP contribution in [0.5, 0.6) is 11.5 Å². The molecule has 20 heavy (non-hydrogen) atoms. The van der Waals surface area contributed by atoms with Gasteiger partial charge in [0, 0.05) is 5.41 Å². The van der Waals surface area contributed by atoms with E-state index < -0.39 is 11.4 Å². The monoisotopic (exact) mass is 278 g/mol. The van der Waals surface area contributed by atoms with E-state index in [9.17, 15) is 4.79 Å². The minimum atomic E-state index is -0.799. The van der Waals surface area contributed by atoms with Gasteiger partial charge in [0.15, 0.2) is 11.5 Å². The van der Waals surface area contributed by atoms with E-state index in [1.807, 2.05) is 32.0 Å². The number of carbonyl (C=O) groups is 1. The van der Waals surface area contributed by atoms with Gasteiger partial charge < -0.3 is 14.6 Å². The Balaban J connectivity index is 2.25. The molecule has 1 N–H and O–H groups in total. The van der Waals surface area contributed by atoms with Gasteiger partial charge in [-0.1, -0.05) is 19.9 Å². The van der Waals surface area contributed by atoms with Crippen molar-refractivity contribution in [1.82, 2.24) is 0 Å². The fourth-order valence-electron chi connectivity index (χ4n) is 2.34. The van der Waals surface area contributed by atoms with Crippen molar-refractivity contribution in [2.75, 3.05) is 7.11 Å². The zero-order valence-electron chi connectivity index (χ0n) is 12.3. The summed E-state index contributed by atoms with van der Waals surface area (Å²) in [5, 5.41) is 9.02. The van der Waals surface area contributed by atoms with Crippen LogP contribution in [0.25, 0.3) is 0 Å². The smallest absolute Gasteiger partial charge is 0.304 e. The van der Waals surface area contributed by atoms with Gasteiger partial charge in [-0.05, 0) is 37.0 Å². The number of methoxy groups -OCH3 is 1. The maximum absolute atomic E-state index is 11.0. The van der Waals surface area contributed by atoms with Crippen LogP contribution < -0.4 is 9.47 Å². The van der Waals surface area contributed by atoms with Crippen LogP contribution in [0.1, 0.15) is 45.1 Å². The lowest BCUT2D eigenvalue weighted by atomic mass is 9.81. The quantitative estimate of drug-likeness (QED) is 0.866. The molecular formula is C16H22O4. The number of benzene rings is 1. The number of ether oxygens (including phenoxy) is 2. The van der Waals surface area contributed by atoms with Gasteiger partial charge in [0.2, 0.25) is 0 Å². The molecule has 0 amide bonds. The predicted molar refractivity (Wildman–Crippen MR) is 76.5 cm³/mol. The van der Waals surface area contributed by atoms with E-state index in [1.165, 1.54) is 6.42 Å². The average molecular weight is 278 g/mol. The molecule has 0 spiro atoms. The third-order valence-electron chi connectivity index (χ3n) is 3.88. The summed E-state index contributed by atoms with van der Waals surface area (Å²) in [6.07, 6.45) is 3.71. The molecule has 0 aromatic heterocycles. The van der Waals surface area contributed by atoms with E-state index in [1.54, 1.807) is 7.11 Å². The number of hydrogen-bond donors (Lipinski definition) is 1. The zero-order valence-corrected chi connectivity index (χ0v) is 12.3. The molecule has 1 aliphatic rings. The van der Waals surface area contributed by atoms with Crippen molar-refractivity contribution in [2.24, 2.45) is 0 Å². The van der Waals surface area contributed by atoms with Gasteiger partial charge in [0.25, 0.3) is 0 Å². The van der Waals surface area contributed by atoms with Crippen molar-refractivity contribution < 1.29 is 19.4 Å². The Kier molecular flexibility index (Phi) is 4.21. The Morgan fingerprint density at radius 2 is 2.05 bits per heavy atom. The minimum Gasteiger partial charge on any atom is -0.493 e. The first-order chi connectivity index (χ1) is 9.42. The largest absolute Gasteiger partial charge is 0.493 e. The van der Waals surface area contributed by atoms with Crippen LogP contribution in [0.15, 0.2) is 18.2 Å². The summed E-state index contributed by atoms with van der Waals surface area (Å²) in [5.74, 6) is 0.618. The van der Waals surface area contributed by atoms with Gasteiger partial charge in [-0.2, -0.15) is 0 Å². The molecule has 0 bridgehead atoms. The SMILES string of the molecule is COc1ccc(C(C)(C)CC(=O)O)cc1OC1CCC1. The van der Waals surface area contributed by atoms with E-state index in [-0.39, 0.29) is 12.5 Å². The standard InChI is InChI=1S/C16H22O4/c1-16(2,10-15(17)18)11-7-8-13(19-3)14(9-11)20-12-5-4-6-12/h7-9,12H,4-6,10H2,1-3H3,(H,17,18). The highest BCUT2D eigenvalue weighted by Gasteiger charge is 2.27. The summed E-state index contributed by atoms with van der Waals surface area (Å²) in [4.78, 5) is 11.0. The minimum absolute atomic E-state index is 0.0855. The number of rotatable bonds is 6. The number of carboxylic acid groups (broad SMARTS) is 1. The van der Waals surface area contributed by atoms with Crippen molar-refractivity contribution >= 4 is 5.97 Å². The van der Waals surface area contributed by atoms with E-state index in [4.69, 9.17) is 14.6 Å². The first-order valence-electron chi connectivity index (χ1n) is 6.99. The van der Waals surface area contributed by atoms with Gasteiger partial charge in [0.1, 0.15) is 0 Å². The summed E-state index contributed by atoms with van der Waals surface area (Å²) in [6.45, 7) is 3.85. The summed E-state index contributed by atoms with van der Waals surface area (Å²) in [7, 11) is 1.62. The second-order valence-electron chi connectivity index (χ2n) is 5.99. The Bertz CT molecular complexity index is 489. The highest BCUT2D eigenvalue weighted by Crippen LogP contribution is 2.37. The van der Waals surface area contributed by atoms with Crippen LogP contribution >= 0.6 is 0 Å². The predicted octanol–water partition coefficient (Wildman–Crippen LogP) is 3.38.